The van der Waals surface area contributed by atoms with Crippen molar-refractivity contribution in [1.82, 2.24) is 0 Å². The van der Waals surface area contributed by atoms with E-state index in [9.17, 15) is 0 Å². The fourth-order valence-electron chi connectivity index (χ4n) is 25.9. The van der Waals surface area contributed by atoms with Gasteiger partial charge < -0.3 is 29.1 Å². The third kappa shape index (κ3) is 10.3. The molecule has 0 radical (unpaired) electrons. The predicted molar refractivity (Wildman–Crippen MR) is 580 cm³/mol. The monoisotopic (exact) mass is 1730 g/mol. The molecule has 10 aliphatic rings. The van der Waals surface area contributed by atoms with Gasteiger partial charge >= 0.3 is 20.5 Å². The number of fused-ring (bicyclic) bond motifs is 35. The van der Waals surface area contributed by atoms with Crippen molar-refractivity contribution in [1.29, 1.82) is 0 Å². The summed E-state index contributed by atoms with van der Waals surface area (Å²) in [4.78, 5) is 15.4. The summed E-state index contributed by atoms with van der Waals surface area (Å²) in [5.74, 6) is 0. The van der Waals surface area contributed by atoms with Gasteiger partial charge in [-0.2, -0.15) is 0 Å². The Morgan fingerprint density at radius 2 is 0.328 bits per heavy atom. The third-order valence-corrected chi connectivity index (χ3v) is 31.3. The first-order valence-electron chi connectivity index (χ1n) is 47.9. The molecule has 0 N–H and O–H groups in total. The number of nitrogens with zero attached hydrogens (tertiary/aromatic N) is 6. The Morgan fingerprint density at radius 3 is 0.664 bits per heavy atom. The molecule has 0 spiro atoms. The van der Waals surface area contributed by atoms with Gasteiger partial charge in [0.2, 0.25) is 0 Å². The van der Waals surface area contributed by atoms with Crippen LogP contribution in [0.1, 0.15) is 0 Å². The van der Waals surface area contributed by atoms with Gasteiger partial charge in [-0.05, 0) is 274 Å². The zero-order valence-electron chi connectivity index (χ0n) is 74.4. The molecule has 23 aromatic carbocycles. The SMILES string of the molecule is c1ccc2c(c1)-c1cccc3c1B1c4c(cccc4N3c3ccc4c(ccc5ccccc54)c3)-c3ccccc3N12.c1ccc2c(c1)-c1cccc3c1B1c4c(cccc4N3c3ccc4c5ccccc5c5ccccc5c4c3)-c3ccccc3N12.c1ccc2c(c1)-c1ccccc1-c1ccc(N3c4cccc5c4B4c6c(cccc63)-c3ccccc3N4c3ccccc3-5)cc1-c1ccccc1-2. The van der Waals surface area contributed by atoms with Crippen LogP contribution in [0.5, 0.6) is 0 Å². The van der Waals surface area contributed by atoms with Crippen molar-refractivity contribution in [3.8, 4) is 111 Å². The zero-order chi connectivity index (χ0) is 89.1. The summed E-state index contributed by atoms with van der Waals surface area (Å²) in [6.07, 6.45) is 0. The van der Waals surface area contributed by atoms with E-state index < -0.39 is 0 Å². The molecule has 33 rings (SSSR count). The highest BCUT2D eigenvalue weighted by atomic mass is 15.2. The molecule has 1 aliphatic carbocycles. The maximum Gasteiger partial charge on any atom is 0.333 e. The quantitative estimate of drug-likeness (QED) is 0.129. The molecule has 628 valence electrons. The van der Waals surface area contributed by atoms with Gasteiger partial charge in [0.25, 0.3) is 0 Å². The van der Waals surface area contributed by atoms with Gasteiger partial charge in [-0.15, -0.1) is 0 Å². The first-order chi connectivity index (χ1) is 68.1. The van der Waals surface area contributed by atoms with Crippen molar-refractivity contribution in [2.45, 2.75) is 0 Å². The highest BCUT2D eigenvalue weighted by Gasteiger charge is 2.53. The van der Waals surface area contributed by atoms with Crippen molar-refractivity contribution < 1.29 is 0 Å². The van der Waals surface area contributed by atoms with Gasteiger partial charge in [0.05, 0.1) is 0 Å². The molecule has 0 amide bonds. The molecule has 0 saturated heterocycles. The van der Waals surface area contributed by atoms with E-state index in [-0.39, 0.29) is 20.5 Å². The summed E-state index contributed by atoms with van der Waals surface area (Å²) in [5, 5.41) is 12.9. The van der Waals surface area contributed by atoms with Crippen LogP contribution in [0.25, 0.3) is 165 Å². The summed E-state index contributed by atoms with van der Waals surface area (Å²) in [6.45, 7) is 0.309. The lowest BCUT2D eigenvalue weighted by Crippen LogP contribution is -2.63. The van der Waals surface area contributed by atoms with Gasteiger partial charge in [0.15, 0.2) is 0 Å². The second-order valence-corrected chi connectivity index (χ2v) is 37.7. The first-order valence-corrected chi connectivity index (χ1v) is 47.9. The summed E-state index contributed by atoms with van der Waals surface area (Å²) in [5.41, 5.74) is 52.8. The Balaban J connectivity index is 0.0000000960. The lowest BCUT2D eigenvalue weighted by molar-refractivity contribution is 1.26. The van der Waals surface area contributed by atoms with Crippen LogP contribution in [0, 0.1) is 0 Å². The second-order valence-electron chi connectivity index (χ2n) is 37.7. The zero-order valence-corrected chi connectivity index (χ0v) is 74.4. The van der Waals surface area contributed by atoms with Crippen LogP contribution in [-0.2, 0) is 0 Å². The smallest absolute Gasteiger partial charge is 0.333 e. The van der Waals surface area contributed by atoms with Crippen LogP contribution >= 0.6 is 0 Å². The second kappa shape index (κ2) is 28.5. The molecule has 23 aromatic rings. The summed E-state index contributed by atoms with van der Waals surface area (Å²) in [6, 6.07) is 174. The molecule has 137 heavy (non-hydrogen) atoms. The van der Waals surface area contributed by atoms with Gasteiger partial charge in [0, 0.05) is 119 Å². The fourth-order valence-corrected chi connectivity index (χ4v) is 25.9. The Hall–Kier alpha value is -17.6. The number of para-hydroxylation sites is 6. The van der Waals surface area contributed by atoms with Crippen molar-refractivity contribution >= 4 is 192 Å². The minimum atomic E-state index is 0.0805. The normalized spacial score (nSPS) is 13.6. The molecule has 6 nitrogen and oxygen atoms in total. The average Bonchev–Trinajstić information content (AvgIpc) is 0.688. The maximum absolute atomic E-state index is 2.60. The van der Waals surface area contributed by atoms with Crippen molar-refractivity contribution in [2.24, 2.45) is 0 Å². The maximum atomic E-state index is 2.60. The molecule has 0 aromatic heterocycles. The third-order valence-electron chi connectivity index (χ3n) is 31.3. The van der Waals surface area contributed by atoms with E-state index >= 15 is 0 Å². The van der Waals surface area contributed by atoms with E-state index in [4.69, 9.17) is 0 Å². The molecule has 0 saturated carbocycles. The van der Waals surface area contributed by atoms with Crippen LogP contribution in [0.15, 0.2) is 467 Å². The topological polar surface area (TPSA) is 19.4 Å². The van der Waals surface area contributed by atoms with E-state index in [2.05, 4.69) is 496 Å². The summed E-state index contributed by atoms with van der Waals surface area (Å²) < 4.78 is 0. The Labute approximate surface area is 794 Å². The highest BCUT2D eigenvalue weighted by molar-refractivity contribution is 6.97. The molecular weight excluding hydrogens is 1650 g/mol. The lowest BCUT2D eigenvalue weighted by Gasteiger charge is -2.49. The van der Waals surface area contributed by atoms with Crippen molar-refractivity contribution in [3.05, 3.63) is 467 Å². The molecule has 9 aliphatic heterocycles. The minimum Gasteiger partial charge on any atom is -0.376 e. The van der Waals surface area contributed by atoms with E-state index in [1.807, 2.05) is 0 Å². The molecule has 9 heterocycles. The molecule has 9 heteroatoms. The first kappa shape index (κ1) is 75.0. The number of anilines is 15. The Bertz CT molecular complexity index is 8980. The number of rotatable bonds is 3. The largest absolute Gasteiger partial charge is 0.376 e. The van der Waals surface area contributed by atoms with Gasteiger partial charge in [-0.3, -0.25) is 0 Å². The predicted octanol–water partition coefficient (Wildman–Crippen LogP) is 29.9. The Kier molecular flexibility index (Phi) is 15.6. The van der Waals surface area contributed by atoms with Crippen molar-refractivity contribution in [3.63, 3.8) is 0 Å². The average molecular weight is 1730 g/mol. The number of benzene rings is 23. The van der Waals surface area contributed by atoms with E-state index in [1.165, 1.54) is 283 Å². The van der Waals surface area contributed by atoms with Crippen LogP contribution < -0.4 is 61.9 Å². The fraction of sp³-hybridized carbons (Fsp3) is 0. The number of hydrogen-bond donors (Lipinski definition) is 0. The van der Waals surface area contributed by atoms with Crippen LogP contribution in [-0.4, -0.2) is 20.5 Å². The van der Waals surface area contributed by atoms with Crippen LogP contribution in [0.2, 0.25) is 0 Å². The van der Waals surface area contributed by atoms with E-state index in [0.29, 0.717) is 0 Å². The van der Waals surface area contributed by atoms with Gasteiger partial charge in [-0.1, -0.05) is 358 Å². The van der Waals surface area contributed by atoms with Gasteiger partial charge in [0.1, 0.15) is 0 Å². The number of hydrogen-bond acceptors (Lipinski definition) is 6. The molecular formula is C128H77B3N6. The van der Waals surface area contributed by atoms with Gasteiger partial charge in [-0.25, -0.2) is 0 Å². The Morgan fingerprint density at radius 1 is 0.117 bits per heavy atom. The molecule has 0 bridgehead atoms. The minimum absolute atomic E-state index is 0.0805. The van der Waals surface area contributed by atoms with Crippen LogP contribution in [0.3, 0.4) is 0 Å². The molecule has 0 unspecified atom stereocenters. The van der Waals surface area contributed by atoms with Crippen molar-refractivity contribution in [2.75, 3.05) is 29.1 Å². The molecule has 0 atom stereocenters. The lowest BCUT2D eigenvalue weighted by atomic mass is 9.41. The standard InChI is InChI=1S/C48H29BN2.C42H25BN2.C38H23BN2/c1-2-14-32-31(13-1)33-15-3-4-17-35(33)37-28-27-30(29-42(37)36-18-6-5-16-34(32)36)50-45-25-11-21-40-38-19-7-9-23-43(38)51-44-24-10-8-20-39(44)41-22-12-26-46(50)48(41)49(51)47(40)45;1-2-13-29-27(11-1)28-12-3-4-14-30(28)36-25-26(23-24-31(29)36)44-39-21-9-17-34-32-15-5-7-19-37(32)45-38-20-8-6-16-33(38)35-18-10-22-40(44)42(35)43(45)41(34)39;1-2-10-27-24(9-1)19-20-25-23-26(21-22-28(25)27)40-35-17-7-13-31-29-11-3-5-15-33(29)41-34-16-6-4-12-30(34)32-14-8-18-36(40)38(32)39(41)37(31)35/h1-29H;1-25H;1-23H. The summed E-state index contributed by atoms with van der Waals surface area (Å²) >= 11 is 0. The summed E-state index contributed by atoms with van der Waals surface area (Å²) in [7, 11) is 0. The van der Waals surface area contributed by atoms with E-state index in [1.54, 1.807) is 0 Å². The van der Waals surface area contributed by atoms with E-state index in [0.717, 1.165) is 0 Å². The molecule has 0 fully saturated rings. The van der Waals surface area contributed by atoms with Crippen LogP contribution in [0.4, 0.5) is 85.3 Å². The highest BCUT2D eigenvalue weighted by Crippen LogP contribution is 2.59.